The van der Waals surface area contributed by atoms with E-state index in [1.54, 1.807) is 14.0 Å². The molecule has 0 saturated carbocycles. The average Bonchev–Trinajstić information content (AvgIpc) is 2.25. The number of H-pyrrole nitrogens is 1. The van der Waals surface area contributed by atoms with Crippen molar-refractivity contribution in [2.45, 2.75) is 20.0 Å². The molecule has 1 atom stereocenters. The fraction of sp³-hybridized carbons (Fsp3) is 0.455. The highest BCUT2D eigenvalue weighted by Crippen LogP contribution is 1.93. The predicted octanol–water partition coefficient (Wildman–Crippen LogP) is 0.448. The van der Waals surface area contributed by atoms with Crippen LogP contribution in [0.2, 0.25) is 0 Å². The molecule has 1 aromatic heterocycles. The molecule has 0 fully saturated rings. The maximum absolute atomic E-state index is 11.6. The Bertz CT molecular complexity index is 425. The Balaban J connectivity index is 2.70. The summed E-state index contributed by atoms with van der Waals surface area (Å²) in [6.07, 6.45) is 1.35. The quantitative estimate of drug-likeness (QED) is 0.780. The molecule has 5 nitrogen and oxygen atoms in total. The minimum atomic E-state index is -0.384. The number of hydrogen-bond acceptors (Lipinski definition) is 3. The molecular weight excluding hydrogens is 208 g/mol. The van der Waals surface area contributed by atoms with E-state index in [1.807, 2.05) is 6.92 Å². The molecular formula is C11H16N2O3. The van der Waals surface area contributed by atoms with Crippen LogP contribution in [0.25, 0.3) is 0 Å². The van der Waals surface area contributed by atoms with Crippen LogP contribution < -0.4 is 10.7 Å². The van der Waals surface area contributed by atoms with Gasteiger partial charge in [0, 0.05) is 31.6 Å². The van der Waals surface area contributed by atoms with Crippen molar-refractivity contribution in [3.8, 4) is 0 Å². The van der Waals surface area contributed by atoms with Crippen molar-refractivity contribution in [3.05, 3.63) is 33.7 Å². The largest absolute Gasteiger partial charge is 0.380 e. The third-order valence-electron chi connectivity index (χ3n) is 2.25. The van der Waals surface area contributed by atoms with E-state index < -0.39 is 0 Å². The molecule has 0 aliphatic carbocycles. The van der Waals surface area contributed by atoms with Gasteiger partial charge in [0.2, 0.25) is 0 Å². The van der Waals surface area contributed by atoms with E-state index >= 15 is 0 Å². The molecule has 0 aliphatic heterocycles. The molecule has 5 heteroatoms. The SMILES string of the molecule is COC(C)CNC(=O)c1c[nH]c(C)cc1=O. The summed E-state index contributed by atoms with van der Waals surface area (Å²) in [5.41, 5.74) is 0.569. The lowest BCUT2D eigenvalue weighted by molar-refractivity contribution is 0.0869. The summed E-state index contributed by atoms with van der Waals surface area (Å²) in [5, 5.41) is 2.63. The number of aromatic nitrogens is 1. The van der Waals surface area contributed by atoms with Gasteiger partial charge in [0.05, 0.1) is 6.10 Å². The summed E-state index contributed by atoms with van der Waals surface area (Å²) >= 11 is 0. The molecule has 88 valence electrons. The molecule has 1 amide bonds. The molecule has 1 heterocycles. The van der Waals surface area contributed by atoms with Crippen LogP contribution in [0.5, 0.6) is 0 Å². The second kappa shape index (κ2) is 5.46. The van der Waals surface area contributed by atoms with Crippen LogP contribution in [0.3, 0.4) is 0 Å². The first-order chi connectivity index (χ1) is 7.54. The lowest BCUT2D eigenvalue weighted by atomic mass is 10.2. The summed E-state index contributed by atoms with van der Waals surface area (Å²) in [7, 11) is 1.56. The molecule has 1 unspecified atom stereocenters. The van der Waals surface area contributed by atoms with Crippen molar-refractivity contribution in [2.75, 3.05) is 13.7 Å². The summed E-state index contributed by atoms with van der Waals surface area (Å²) in [4.78, 5) is 25.9. The number of carbonyl (C=O) groups excluding carboxylic acids is 1. The number of rotatable bonds is 4. The molecule has 1 rings (SSSR count). The van der Waals surface area contributed by atoms with Gasteiger partial charge in [-0.15, -0.1) is 0 Å². The number of carbonyl (C=O) groups is 1. The lowest BCUT2D eigenvalue weighted by Gasteiger charge is -2.10. The maximum Gasteiger partial charge on any atom is 0.256 e. The van der Waals surface area contributed by atoms with Gasteiger partial charge >= 0.3 is 0 Å². The maximum atomic E-state index is 11.6. The van der Waals surface area contributed by atoms with Crippen LogP contribution in [0.15, 0.2) is 17.1 Å². The molecule has 0 spiro atoms. The molecule has 2 N–H and O–H groups in total. The van der Waals surface area contributed by atoms with Crippen molar-refractivity contribution < 1.29 is 9.53 Å². The smallest absolute Gasteiger partial charge is 0.256 e. The van der Waals surface area contributed by atoms with Gasteiger partial charge in [-0.25, -0.2) is 0 Å². The van der Waals surface area contributed by atoms with E-state index in [0.717, 1.165) is 5.69 Å². The van der Waals surface area contributed by atoms with Crippen LogP contribution in [0.4, 0.5) is 0 Å². The molecule has 0 radical (unpaired) electrons. The summed E-state index contributed by atoms with van der Waals surface area (Å²) < 4.78 is 4.99. The zero-order chi connectivity index (χ0) is 12.1. The zero-order valence-electron chi connectivity index (χ0n) is 9.66. The third kappa shape index (κ3) is 3.20. The standard InChI is InChI=1S/C11H16N2O3/c1-7-4-10(14)9(6-12-7)11(15)13-5-8(2)16-3/h4,6,8H,5H2,1-3H3,(H,12,14)(H,13,15). The second-order valence-corrected chi connectivity index (χ2v) is 3.65. The average molecular weight is 224 g/mol. The zero-order valence-corrected chi connectivity index (χ0v) is 9.66. The summed E-state index contributed by atoms with van der Waals surface area (Å²) in [5.74, 6) is -0.384. The third-order valence-corrected chi connectivity index (χ3v) is 2.25. The van der Waals surface area contributed by atoms with Gasteiger partial charge in [-0.3, -0.25) is 9.59 Å². The fourth-order valence-corrected chi connectivity index (χ4v) is 1.17. The summed E-state index contributed by atoms with van der Waals surface area (Å²) in [6.45, 7) is 3.97. The van der Waals surface area contributed by atoms with Gasteiger partial charge in [-0.1, -0.05) is 0 Å². The van der Waals surface area contributed by atoms with E-state index in [2.05, 4.69) is 10.3 Å². The number of nitrogens with one attached hydrogen (secondary N) is 2. The minimum absolute atomic E-state index is 0.0755. The Morgan fingerprint density at radius 2 is 2.31 bits per heavy atom. The first-order valence-corrected chi connectivity index (χ1v) is 5.05. The van der Waals surface area contributed by atoms with Gasteiger partial charge < -0.3 is 15.0 Å². The van der Waals surface area contributed by atoms with Gasteiger partial charge in [-0.2, -0.15) is 0 Å². The predicted molar refractivity (Wildman–Crippen MR) is 60.6 cm³/mol. The molecule has 0 aliphatic rings. The first kappa shape index (κ1) is 12.4. The number of ether oxygens (including phenoxy) is 1. The van der Waals surface area contributed by atoms with Crippen LogP contribution in [0, 0.1) is 6.92 Å². The number of hydrogen-bond donors (Lipinski definition) is 2. The Morgan fingerprint density at radius 1 is 1.62 bits per heavy atom. The Hall–Kier alpha value is -1.62. The van der Waals surface area contributed by atoms with Crippen LogP contribution in [0.1, 0.15) is 23.0 Å². The molecule has 1 aromatic rings. The van der Waals surface area contributed by atoms with Crippen LogP contribution in [-0.4, -0.2) is 30.6 Å². The Labute approximate surface area is 93.8 Å². The van der Waals surface area contributed by atoms with E-state index in [9.17, 15) is 9.59 Å². The van der Waals surface area contributed by atoms with E-state index in [-0.39, 0.29) is 23.0 Å². The minimum Gasteiger partial charge on any atom is -0.380 e. The first-order valence-electron chi connectivity index (χ1n) is 5.05. The second-order valence-electron chi connectivity index (χ2n) is 3.65. The molecule has 0 saturated heterocycles. The van der Waals surface area contributed by atoms with Gasteiger partial charge in [0.1, 0.15) is 5.56 Å². The van der Waals surface area contributed by atoms with Crippen molar-refractivity contribution >= 4 is 5.91 Å². The van der Waals surface area contributed by atoms with E-state index in [4.69, 9.17) is 4.74 Å². The van der Waals surface area contributed by atoms with Crippen LogP contribution >= 0.6 is 0 Å². The normalized spacial score (nSPS) is 12.2. The number of aromatic amines is 1. The van der Waals surface area contributed by atoms with E-state index in [0.29, 0.717) is 6.54 Å². The highest BCUT2D eigenvalue weighted by molar-refractivity contribution is 5.93. The highest BCUT2D eigenvalue weighted by atomic mass is 16.5. The van der Waals surface area contributed by atoms with Gasteiger partial charge in [0.15, 0.2) is 5.43 Å². The van der Waals surface area contributed by atoms with Crippen molar-refractivity contribution in [1.29, 1.82) is 0 Å². The number of pyridine rings is 1. The van der Waals surface area contributed by atoms with Crippen LogP contribution in [-0.2, 0) is 4.74 Å². The number of amides is 1. The van der Waals surface area contributed by atoms with Crippen molar-refractivity contribution in [2.24, 2.45) is 0 Å². The van der Waals surface area contributed by atoms with Crippen molar-refractivity contribution in [1.82, 2.24) is 10.3 Å². The highest BCUT2D eigenvalue weighted by Gasteiger charge is 2.10. The monoisotopic (exact) mass is 224 g/mol. The molecule has 0 aromatic carbocycles. The molecule has 0 bridgehead atoms. The number of methoxy groups -OCH3 is 1. The Kier molecular flexibility index (Phi) is 4.25. The Morgan fingerprint density at radius 3 is 2.88 bits per heavy atom. The van der Waals surface area contributed by atoms with Gasteiger partial charge in [-0.05, 0) is 13.8 Å². The summed E-state index contributed by atoms with van der Waals surface area (Å²) in [6, 6.07) is 1.40. The number of aryl methyl sites for hydroxylation is 1. The van der Waals surface area contributed by atoms with Gasteiger partial charge in [0.25, 0.3) is 5.91 Å². The molecule has 16 heavy (non-hydrogen) atoms. The topological polar surface area (TPSA) is 71.2 Å². The van der Waals surface area contributed by atoms with Crippen molar-refractivity contribution in [3.63, 3.8) is 0 Å². The van der Waals surface area contributed by atoms with E-state index in [1.165, 1.54) is 12.3 Å². The lowest BCUT2D eigenvalue weighted by Crippen LogP contribution is -2.34. The fourth-order valence-electron chi connectivity index (χ4n) is 1.17.